The number of rotatable bonds is 5. The molecule has 1 N–H and O–H groups in total. The van der Waals surface area contributed by atoms with Gasteiger partial charge in [0.05, 0.1) is 6.04 Å². The Morgan fingerprint density at radius 1 is 1.40 bits per heavy atom. The molecule has 0 spiro atoms. The predicted octanol–water partition coefficient (Wildman–Crippen LogP) is 2.28. The van der Waals surface area contributed by atoms with Crippen molar-refractivity contribution in [3.8, 4) is 0 Å². The van der Waals surface area contributed by atoms with E-state index in [1.807, 2.05) is 6.92 Å². The first-order chi connectivity index (χ1) is 9.56. The average Bonchev–Trinajstić information content (AvgIpc) is 3.08. The number of aryl methyl sites for hydroxylation is 1. The van der Waals surface area contributed by atoms with Crippen molar-refractivity contribution < 1.29 is 8.42 Å². The van der Waals surface area contributed by atoms with Gasteiger partial charge in [-0.1, -0.05) is 6.07 Å². The smallest absolute Gasteiger partial charge is 0.240 e. The van der Waals surface area contributed by atoms with E-state index in [1.54, 1.807) is 29.8 Å². The van der Waals surface area contributed by atoms with Gasteiger partial charge in [0.25, 0.3) is 10.0 Å². The summed E-state index contributed by atoms with van der Waals surface area (Å²) in [7, 11) is -3.49. The zero-order valence-electron chi connectivity index (χ0n) is 11.0. The lowest BCUT2D eigenvalue weighted by Crippen LogP contribution is -2.30. The van der Waals surface area contributed by atoms with Gasteiger partial charge in [-0.25, -0.2) is 18.4 Å². The van der Waals surface area contributed by atoms with E-state index in [4.69, 9.17) is 0 Å². The molecule has 1 saturated carbocycles. The van der Waals surface area contributed by atoms with Gasteiger partial charge in [-0.05, 0) is 43.2 Å². The highest BCUT2D eigenvalue weighted by Gasteiger charge is 2.37. The number of aromatic nitrogens is 2. The van der Waals surface area contributed by atoms with E-state index in [9.17, 15) is 8.42 Å². The molecule has 0 saturated heterocycles. The van der Waals surface area contributed by atoms with E-state index in [0.717, 1.165) is 18.5 Å². The van der Waals surface area contributed by atoms with Gasteiger partial charge in [-0.3, -0.25) is 0 Å². The van der Waals surface area contributed by atoms with E-state index in [2.05, 4.69) is 14.7 Å². The molecule has 3 rings (SSSR count). The molecule has 1 aliphatic rings. The zero-order chi connectivity index (χ0) is 14.2. The van der Waals surface area contributed by atoms with Crippen LogP contribution >= 0.6 is 11.3 Å². The third-order valence-corrected chi connectivity index (χ3v) is 6.07. The minimum atomic E-state index is -3.49. The van der Waals surface area contributed by atoms with E-state index in [-0.39, 0.29) is 6.04 Å². The van der Waals surface area contributed by atoms with Crippen LogP contribution in [0.15, 0.2) is 34.0 Å². The molecule has 1 atom stereocenters. The fourth-order valence-electron chi connectivity index (χ4n) is 2.05. The van der Waals surface area contributed by atoms with Crippen molar-refractivity contribution in [3.63, 3.8) is 0 Å². The first-order valence-corrected chi connectivity index (χ1v) is 8.78. The van der Waals surface area contributed by atoms with Crippen LogP contribution in [0.3, 0.4) is 0 Å². The Morgan fingerprint density at radius 3 is 2.80 bits per heavy atom. The SMILES string of the molecule is Cc1ccnc([C@H](NS(=O)(=O)c2cccs2)C2CC2)n1. The van der Waals surface area contributed by atoms with E-state index >= 15 is 0 Å². The summed E-state index contributed by atoms with van der Waals surface area (Å²) < 4.78 is 27.8. The van der Waals surface area contributed by atoms with Crippen molar-refractivity contribution in [1.82, 2.24) is 14.7 Å². The zero-order valence-corrected chi connectivity index (χ0v) is 12.6. The maximum atomic E-state index is 12.3. The van der Waals surface area contributed by atoms with Crippen molar-refractivity contribution >= 4 is 21.4 Å². The summed E-state index contributed by atoms with van der Waals surface area (Å²) >= 11 is 1.21. The molecule has 7 heteroatoms. The summed E-state index contributed by atoms with van der Waals surface area (Å²) in [6.07, 6.45) is 3.69. The molecule has 0 amide bonds. The van der Waals surface area contributed by atoms with E-state index < -0.39 is 10.0 Å². The van der Waals surface area contributed by atoms with Crippen molar-refractivity contribution in [3.05, 3.63) is 41.3 Å². The summed E-state index contributed by atoms with van der Waals surface area (Å²) in [6.45, 7) is 1.88. The first kappa shape index (κ1) is 13.7. The lowest BCUT2D eigenvalue weighted by atomic mass is 10.2. The van der Waals surface area contributed by atoms with Gasteiger partial charge in [0, 0.05) is 11.9 Å². The topological polar surface area (TPSA) is 72.0 Å². The second-order valence-corrected chi connectivity index (χ2v) is 7.81. The van der Waals surface area contributed by atoms with Crippen LogP contribution in [0.5, 0.6) is 0 Å². The predicted molar refractivity (Wildman–Crippen MR) is 76.9 cm³/mol. The Hall–Kier alpha value is -1.31. The molecule has 2 heterocycles. The Bertz CT molecular complexity index is 694. The van der Waals surface area contributed by atoms with Gasteiger partial charge < -0.3 is 0 Å². The highest BCUT2D eigenvalue weighted by Crippen LogP contribution is 2.40. The van der Waals surface area contributed by atoms with Gasteiger partial charge in [-0.15, -0.1) is 11.3 Å². The number of hydrogen-bond acceptors (Lipinski definition) is 5. The molecule has 0 aliphatic heterocycles. The van der Waals surface area contributed by atoms with Crippen molar-refractivity contribution in [2.45, 2.75) is 30.0 Å². The molecular weight excluding hydrogens is 294 g/mol. The van der Waals surface area contributed by atoms with Gasteiger partial charge in [0.1, 0.15) is 10.0 Å². The highest BCUT2D eigenvalue weighted by atomic mass is 32.2. The highest BCUT2D eigenvalue weighted by molar-refractivity contribution is 7.91. The van der Waals surface area contributed by atoms with Crippen LogP contribution in [0.25, 0.3) is 0 Å². The van der Waals surface area contributed by atoms with Crippen molar-refractivity contribution in [1.29, 1.82) is 0 Å². The second-order valence-electron chi connectivity index (χ2n) is 4.92. The van der Waals surface area contributed by atoms with Crippen LogP contribution in [0.4, 0.5) is 0 Å². The minimum Gasteiger partial charge on any atom is -0.240 e. The molecule has 2 aromatic rings. The number of hydrogen-bond donors (Lipinski definition) is 1. The molecule has 0 unspecified atom stereocenters. The summed E-state index contributed by atoms with van der Waals surface area (Å²) in [4.78, 5) is 8.60. The Balaban J connectivity index is 1.89. The monoisotopic (exact) mass is 309 g/mol. The number of thiophene rings is 1. The van der Waals surface area contributed by atoms with Crippen LogP contribution < -0.4 is 4.72 Å². The van der Waals surface area contributed by atoms with Crippen LogP contribution in [-0.2, 0) is 10.0 Å². The molecule has 1 fully saturated rings. The Morgan fingerprint density at radius 2 is 2.20 bits per heavy atom. The largest absolute Gasteiger partial charge is 0.250 e. The summed E-state index contributed by atoms with van der Waals surface area (Å²) in [5.74, 6) is 0.860. The standard InChI is InChI=1S/C13H15N3O2S2/c1-9-6-7-14-13(15-9)12(10-4-5-10)16-20(17,18)11-3-2-8-19-11/h2-3,6-8,10,12,16H,4-5H2,1H3/t12-/m1/s1. The molecule has 5 nitrogen and oxygen atoms in total. The van der Waals surface area contributed by atoms with E-state index in [1.165, 1.54) is 11.3 Å². The molecular formula is C13H15N3O2S2. The molecule has 0 radical (unpaired) electrons. The van der Waals surface area contributed by atoms with Gasteiger partial charge in [0.15, 0.2) is 0 Å². The molecule has 1 aliphatic carbocycles. The lowest BCUT2D eigenvalue weighted by Gasteiger charge is -2.16. The third kappa shape index (κ3) is 2.89. The van der Waals surface area contributed by atoms with Crippen LogP contribution in [0.1, 0.15) is 30.4 Å². The summed E-state index contributed by atoms with van der Waals surface area (Å²) in [6, 6.07) is 4.81. The summed E-state index contributed by atoms with van der Waals surface area (Å²) in [5.41, 5.74) is 0.843. The molecule has 20 heavy (non-hydrogen) atoms. The second kappa shape index (κ2) is 5.23. The minimum absolute atomic E-state index is 0.298. The average molecular weight is 309 g/mol. The molecule has 0 aromatic carbocycles. The number of sulfonamides is 1. The van der Waals surface area contributed by atoms with E-state index in [0.29, 0.717) is 16.0 Å². The Kier molecular flexibility index (Phi) is 3.57. The van der Waals surface area contributed by atoms with Gasteiger partial charge in [-0.2, -0.15) is 4.72 Å². The molecule has 106 valence electrons. The van der Waals surface area contributed by atoms with Crippen molar-refractivity contribution in [2.75, 3.05) is 0 Å². The lowest BCUT2D eigenvalue weighted by molar-refractivity contribution is 0.511. The van der Waals surface area contributed by atoms with Crippen LogP contribution in [0.2, 0.25) is 0 Å². The molecule has 0 bridgehead atoms. The normalized spacial score (nSPS) is 17.1. The number of nitrogens with zero attached hydrogens (tertiary/aromatic N) is 2. The fourth-order valence-corrected chi connectivity index (χ4v) is 4.32. The van der Waals surface area contributed by atoms with Gasteiger partial charge in [0.2, 0.25) is 0 Å². The maximum Gasteiger partial charge on any atom is 0.250 e. The summed E-state index contributed by atoms with van der Waals surface area (Å²) in [5, 5.41) is 1.75. The third-order valence-electron chi connectivity index (χ3n) is 3.23. The first-order valence-electron chi connectivity index (χ1n) is 6.41. The van der Waals surface area contributed by atoms with Crippen LogP contribution in [0, 0.1) is 12.8 Å². The van der Waals surface area contributed by atoms with Crippen LogP contribution in [-0.4, -0.2) is 18.4 Å². The van der Waals surface area contributed by atoms with Crippen molar-refractivity contribution in [2.24, 2.45) is 5.92 Å². The Labute approximate surface area is 122 Å². The molecule has 2 aromatic heterocycles. The quantitative estimate of drug-likeness (QED) is 0.919. The number of nitrogens with one attached hydrogen (secondary N) is 1. The van der Waals surface area contributed by atoms with Gasteiger partial charge >= 0.3 is 0 Å². The fraction of sp³-hybridized carbons (Fsp3) is 0.385. The maximum absolute atomic E-state index is 12.3.